The maximum absolute atomic E-state index is 5.01. The molecule has 1 unspecified atom stereocenters. The number of anilines is 1. The lowest BCUT2D eigenvalue weighted by molar-refractivity contribution is 0.398. The van der Waals surface area contributed by atoms with E-state index in [-0.39, 0.29) is 0 Å². The number of nitrogens with zero attached hydrogens (tertiary/aromatic N) is 2. The molecule has 84 valence electrons. The highest BCUT2D eigenvalue weighted by atomic mass is 16.5. The molecule has 0 N–H and O–H groups in total. The molecule has 0 saturated heterocycles. The van der Waals surface area contributed by atoms with E-state index in [9.17, 15) is 0 Å². The number of aromatic nitrogens is 1. The third-order valence-electron chi connectivity index (χ3n) is 2.36. The molecule has 3 heteroatoms. The van der Waals surface area contributed by atoms with Crippen LogP contribution in [0, 0.1) is 12.8 Å². The summed E-state index contributed by atoms with van der Waals surface area (Å²) in [5.74, 6) is 2.31. The number of allylic oxidation sites excluding steroid dienone is 1. The van der Waals surface area contributed by atoms with E-state index in [1.54, 1.807) is 0 Å². The average molecular weight is 208 g/mol. The molecule has 0 saturated carbocycles. The molecule has 0 radical (unpaired) electrons. The summed E-state index contributed by atoms with van der Waals surface area (Å²) in [6, 6.07) is 1.93. The minimum atomic E-state index is 0.616. The number of aryl methyl sites for hydroxylation is 1. The van der Waals surface area contributed by atoms with Crippen molar-refractivity contribution >= 4 is 5.82 Å². The molecule has 0 aromatic carbocycles. The summed E-state index contributed by atoms with van der Waals surface area (Å²) in [6.07, 6.45) is 6.70. The van der Waals surface area contributed by atoms with E-state index in [0.717, 1.165) is 11.6 Å². The Bertz CT molecular complexity index is 317. The van der Waals surface area contributed by atoms with E-state index in [1.165, 1.54) is 12.8 Å². The van der Waals surface area contributed by atoms with Crippen LogP contribution >= 0.6 is 0 Å². The van der Waals surface area contributed by atoms with Gasteiger partial charge >= 0.3 is 0 Å². The van der Waals surface area contributed by atoms with Crippen molar-refractivity contribution in [2.24, 2.45) is 5.92 Å². The molecule has 1 atom stereocenters. The Morgan fingerprint density at radius 3 is 2.87 bits per heavy atom. The normalized spacial score (nSPS) is 13.3. The van der Waals surface area contributed by atoms with Crippen LogP contribution in [0.15, 0.2) is 22.9 Å². The van der Waals surface area contributed by atoms with Gasteiger partial charge in [0.1, 0.15) is 5.76 Å². The van der Waals surface area contributed by atoms with Crippen molar-refractivity contribution in [3.63, 3.8) is 0 Å². The standard InChI is InChI=1S/C12H20N2O/c1-5-6-10(2)7-8-14(4)12-9-11(3)15-13-12/h7-10H,5-6H2,1-4H3/b8-7+. The van der Waals surface area contributed by atoms with Crippen LogP contribution in [0.1, 0.15) is 32.4 Å². The number of hydrogen-bond acceptors (Lipinski definition) is 3. The Morgan fingerprint density at radius 1 is 1.60 bits per heavy atom. The summed E-state index contributed by atoms with van der Waals surface area (Å²) in [7, 11) is 1.98. The van der Waals surface area contributed by atoms with Crippen molar-refractivity contribution in [2.75, 3.05) is 11.9 Å². The van der Waals surface area contributed by atoms with Gasteiger partial charge in [-0.25, -0.2) is 0 Å². The van der Waals surface area contributed by atoms with Gasteiger partial charge in [0.05, 0.1) is 0 Å². The van der Waals surface area contributed by atoms with E-state index in [2.05, 4.69) is 31.3 Å². The highest BCUT2D eigenvalue weighted by Crippen LogP contribution is 2.13. The third kappa shape index (κ3) is 3.78. The molecular formula is C12H20N2O. The van der Waals surface area contributed by atoms with Crippen LogP contribution in [0.2, 0.25) is 0 Å². The fraction of sp³-hybridized carbons (Fsp3) is 0.583. The van der Waals surface area contributed by atoms with E-state index < -0.39 is 0 Å². The van der Waals surface area contributed by atoms with Crippen LogP contribution in [0.3, 0.4) is 0 Å². The fourth-order valence-electron chi connectivity index (χ4n) is 1.42. The summed E-state index contributed by atoms with van der Waals surface area (Å²) < 4.78 is 5.01. The highest BCUT2D eigenvalue weighted by Gasteiger charge is 2.03. The Kier molecular flexibility index (Phi) is 4.40. The van der Waals surface area contributed by atoms with E-state index in [0.29, 0.717) is 5.92 Å². The van der Waals surface area contributed by atoms with Gasteiger partial charge in [0, 0.05) is 19.3 Å². The second kappa shape index (κ2) is 5.59. The highest BCUT2D eigenvalue weighted by molar-refractivity contribution is 5.40. The van der Waals surface area contributed by atoms with Crippen LogP contribution < -0.4 is 4.90 Å². The minimum absolute atomic E-state index is 0.616. The number of rotatable bonds is 5. The van der Waals surface area contributed by atoms with Crippen molar-refractivity contribution < 1.29 is 4.52 Å². The van der Waals surface area contributed by atoms with Crippen LogP contribution in [-0.4, -0.2) is 12.2 Å². The van der Waals surface area contributed by atoms with Crippen molar-refractivity contribution in [3.8, 4) is 0 Å². The van der Waals surface area contributed by atoms with E-state index in [1.807, 2.05) is 24.9 Å². The second-order valence-electron chi connectivity index (χ2n) is 4.01. The Labute approximate surface area is 91.8 Å². The Balaban J connectivity index is 2.51. The third-order valence-corrected chi connectivity index (χ3v) is 2.36. The topological polar surface area (TPSA) is 29.3 Å². The molecule has 3 nitrogen and oxygen atoms in total. The van der Waals surface area contributed by atoms with Crippen LogP contribution in [-0.2, 0) is 0 Å². The van der Waals surface area contributed by atoms with Gasteiger partial charge in [-0.15, -0.1) is 0 Å². The van der Waals surface area contributed by atoms with Gasteiger partial charge in [-0.2, -0.15) is 0 Å². The molecule has 1 aromatic rings. The average Bonchev–Trinajstić information content (AvgIpc) is 2.62. The van der Waals surface area contributed by atoms with Crippen molar-refractivity contribution in [1.82, 2.24) is 5.16 Å². The second-order valence-corrected chi connectivity index (χ2v) is 4.01. The zero-order chi connectivity index (χ0) is 11.3. The first-order valence-electron chi connectivity index (χ1n) is 5.48. The lowest BCUT2D eigenvalue weighted by Gasteiger charge is -2.10. The minimum Gasteiger partial charge on any atom is -0.360 e. The maximum atomic E-state index is 5.01. The predicted octanol–water partition coefficient (Wildman–Crippen LogP) is 3.37. The van der Waals surface area contributed by atoms with Gasteiger partial charge in [-0.3, -0.25) is 0 Å². The van der Waals surface area contributed by atoms with Gasteiger partial charge in [0.2, 0.25) is 0 Å². The van der Waals surface area contributed by atoms with Gasteiger partial charge in [-0.05, 0) is 19.3 Å². The molecule has 0 aliphatic carbocycles. The maximum Gasteiger partial charge on any atom is 0.175 e. The molecule has 0 spiro atoms. The Morgan fingerprint density at radius 2 is 2.33 bits per heavy atom. The van der Waals surface area contributed by atoms with Crippen LogP contribution in [0.4, 0.5) is 5.82 Å². The summed E-state index contributed by atoms with van der Waals surface area (Å²) in [5.41, 5.74) is 0. The first kappa shape index (κ1) is 11.8. The Hall–Kier alpha value is -1.25. The predicted molar refractivity (Wildman–Crippen MR) is 62.9 cm³/mol. The van der Waals surface area contributed by atoms with Crippen molar-refractivity contribution in [3.05, 3.63) is 24.1 Å². The molecular weight excluding hydrogens is 188 g/mol. The fourth-order valence-corrected chi connectivity index (χ4v) is 1.42. The van der Waals surface area contributed by atoms with E-state index in [4.69, 9.17) is 4.52 Å². The van der Waals surface area contributed by atoms with Gasteiger partial charge < -0.3 is 9.42 Å². The molecule has 15 heavy (non-hydrogen) atoms. The van der Waals surface area contributed by atoms with Gasteiger partial charge in [-0.1, -0.05) is 31.5 Å². The quantitative estimate of drug-likeness (QED) is 0.743. The SMILES string of the molecule is CCCC(C)/C=C/N(C)c1cc(C)on1. The lowest BCUT2D eigenvalue weighted by atomic mass is 10.1. The molecule has 1 aromatic heterocycles. The van der Waals surface area contributed by atoms with Crippen LogP contribution in [0.5, 0.6) is 0 Å². The molecule has 1 heterocycles. The van der Waals surface area contributed by atoms with Crippen molar-refractivity contribution in [1.29, 1.82) is 0 Å². The van der Waals surface area contributed by atoms with Crippen LogP contribution in [0.25, 0.3) is 0 Å². The summed E-state index contributed by atoms with van der Waals surface area (Å²) in [4.78, 5) is 1.97. The molecule has 1 rings (SSSR count). The smallest absolute Gasteiger partial charge is 0.175 e. The molecule has 0 amide bonds. The van der Waals surface area contributed by atoms with Gasteiger partial charge in [0.25, 0.3) is 0 Å². The zero-order valence-electron chi connectivity index (χ0n) is 10.0. The summed E-state index contributed by atoms with van der Waals surface area (Å²) in [5, 5.41) is 3.94. The first-order valence-corrected chi connectivity index (χ1v) is 5.48. The summed E-state index contributed by atoms with van der Waals surface area (Å²) >= 11 is 0. The number of hydrogen-bond donors (Lipinski definition) is 0. The van der Waals surface area contributed by atoms with E-state index >= 15 is 0 Å². The summed E-state index contributed by atoms with van der Waals surface area (Å²) in [6.45, 7) is 6.32. The molecule has 0 bridgehead atoms. The molecule has 0 aliphatic rings. The molecule has 0 aliphatic heterocycles. The largest absolute Gasteiger partial charge is 0.360 e. The lowest BCUT2D eigenvalue weighted by Crippen LogP contribution is -2.08. The monoisotopic (exact) mass is 208 g/mol. The zero-order valence-corrected chi connectivity index (χ0v) is 10.0. The van der Waals surface area contributed by atoms with Gasteiger partial charge in [0.15, 0.2) is 5.82 Å². The first-order chi connectivity index (χ1) is 7.13. The van der Waals surface area contributed by atoms with Crippen molar-refractivity contribution in [2.45, 2.75) is 33.6 Å². The molecule has 0 fully saturated rings.